The molecule has 1 saturated carbocycles. The smallest absolute Gasteiger partial charge is 0.191 e. The van der Waals surface area contributed by atoms with E-state index < -0.39 is 0 Å². The highest BCUT2D eigenvalue weighted by Crippen LogP contribution is 2.51. The lowest BCUT2D eigenvalue weighted by Crippen LogP contribution is -2.71. The van der Waals surface area contributed by atoms with Crippen molar-refractivity contribution >= 4 is 5.96 Å². The van der Waals surface area contributed by atoms with Crippen LogP contribution in [0.15, 0.2) is 29.4 Å². The van der Waals surface area contributed by atoms with Gasteiger partial charge in [-0.05, 0) is 44.7 Å². The molecule has 0 aromatic carbocycles. The SMILES string of the molecule is CCN=C(NC1CCN(Cc2ccccn2)CC1)NC1C2CCCOC2C1(C)C. The second kappa shape index (κ2) is 9.00. The Morgan fingerprint density at radius 2 is 2.07 bits per heavy atom. The van der Waals surface area contributed by atoms with Crippen molar-refractivity contribution < 1.29 is 4.74 Å². The molecule has 29 heavy (non-hydrogen) atoms. The van der Waals surface area contributed by atoms with E-state index >= 15 is 0 Å². The van der Waals surface area contributed by atoms with Crippen molar-refractivity contribution in [1.29, 1.82) is 0 Å². The number of guanidine groups is 1. The van der Waals surface area contributed by atoms with Gasteiger partial charge < -0.3 is 15.4 Å². The second-order valence-electron chi connectivity index (χ2n) is 9.38. The average molecular weight is 400 g/mol. The van der Waals surface area contributed by atoms with Crippen molar-refractivity contribution in [3.05, 3.63) is 30.1 Å². The van der Waals surface area contributed by atoms with Crippen molar-refractivity contribution in [3.63, 3.8) is 0 Å². The number of nitrogens with one attached hydrogen (secondary N) is 2. The molecule has 2 aliphatic heterocycles. The van der Waals surface area contributed by atoms with Crippen LogP contribution in [0.1, 0.15) is 52.1 Å². The molecule has 6 nitrogen and oxygen atoms in total. The maximum Gasteiger partial charge on any atom is 0.191 e. The molecule has 1 aromatic rings. The Balaban J connectivity index is 1.29. The summed E-state index contributed by atoms with van der Waals surface area (Å²) in [6, 6.07) is 7.08. The minimum absolute atomic E-state index is 0.160. The van der Waals surface area contributed by atoms with E-state index in [1.807, 2.05) is 12.3 Å². The first-order valence-corrected chi connectivity index (χ1v) is 11.4. The molecule has 3 unspecified atom stereocenters. The van der Waals surface area contributed by atoms with Crippen LogP contribution in [0.3, 0.4) is 0 Å². The minimum atomic E-state index is 0.160. The molecular formula is C23H37N5O. The fourth-order valence-corrected chi connectivity index (χ4v) is 5.40. The van der Waals surface area contributed by atoms with Gasteiger partial charge in [0.1, 0.15) is 0 Å². The number of likely N-dealkylation sites (tertiary alicyclic amines) is 1. The third kappa shape index (κ3) is 4.58. The van der Waals surface area contributed by atoms with Gasteiger partial charge in [-0.3, -0.25) is 14.9 Å². The van der Waals surface area contributed by atoms with Gasteiger partial charge in [-0.2, -0.15) is 0 Å². The van der Waals surface area contributed by atoms with E-state index in [1.165, 1.54) is 12.8 Å². The molecule has 0 radical (unpaired) electrons. The molecular weight excluding hydrogens is 362 g/mol. The van der Waals surface area contributed by atoms with Crippen molar-refractivity contribution in [2.24, 2.45) is 16.3 Å². The van der Waals surface area contributed by atoms with E-state index in [1.54, 1.807) is 0 Å². The fraction of sp³-hybridized carbons (Fsp3) is 0.739. The van der Waals surface area contributed by atoms with Gasteiger partial charge in [-0.25, -0.2) is 0 Å². The van der Waals surface area contributed by atoms with Gasteiger partial charge in [-0.1, -0.05) is 19.9 Å². The van der Waals surface area contributed by atoms with Gasteiger partial charge in [0, 0.05) is 62.4 Å². The summed E-state index contributed by atoms with van der Waals surface area (Å²) in [6.07, 6.45) is 6.99. The zero-order valence-corrected chi connectivity index (χ0v) is 18.2. The van der Waals surface area contributed by atoms with Gasteiger partial charge in [-0.15, -0.1) is 0 Å². The van der Waals surface area contributed by atoms with E-state index in [4.69, 9.17) is 9.73 Å². The number of hydrogen-bond acceptors (Lipinski definition) is 4. The Hall–Kier alpha value is -1.66. The molecule has 0 amide bonds. The summed E-state index contributed by atoms with van der Waals surface area (Å²) in [5, 5.41) is 7.51. The Labute approximate surface area is 175 Å². The molecule has 3 aliphatic rings. The zero-order valence-electron chi connectivity index (χ0n) is 18.2. The maximum absolute atomic E-state index is 6.06. The first kappa shape index (κ1) is 20.6. The highest BCUT2D eigenvalue weighted by Gasteiger charge is 2.58. The van der Waals surface area contributed by atoms with Gasteiger partial charge in [0.05, 0.1) is 11.8 Å². The average Bonchev–Trinajstić information content (AvgIpc) is 2.74. The third-order valence-corrected chi connectivity index (χ3v) is 6.98. The molecule has 1 aromatic heterocycles. The number of pyridine rings is 1. The van der Waals surface area contributed by atoms with Crippen LogP contribution >= 0.6 is 0 Å². The molecule has 0 spiro atoms. The molecule has 3 heterocycles. The number of ether oxygens (including phenoxy) is 1. The highest BCUT2D eigenvalue weighted by molar-refractivity contribution is 5.80. The van der Waals surface area contributed by atoms with E-state index in [2.05, 4.69) is 53.4 Å². The largest absolute Gasteiger partial charge is 0.377 e. The maximum atomic E-state index is 6.06. The van der Waals surface area contributed by atoms with Crippen LogP contribution in [0.5, 0.6) is 0 Å². The first-order valence-electron chi connectivity index (χ1n) is 11.4. The summed E-state index contributed by atoms with van der Waals surface area (Å²) in [5.74, 6) is 1.60. The fourth-order valence-electron chi connectivity index (χ4n) is 5.40. The topological polar surface area (TPSA) is 61.8 Å². The summed E-state index contributed by atoms with van der Waals surface area (Å²) in [6.45, 7) is 11.6. The van der Waals surface area contributed by atoms with E-state index in [0.717, 1.165) is 57.3 Å². The van der Waals surface area contributed by atoms with Crippen molar-refractivity contribution in [1.82, 2.24) is 20.5 Å². The Morgan fingerprint density at radius 1 is 1.24 bits per heavy atom. The number of piperidine rings is 1. The molecule has 6 heteroatoms. The van der Waals surface area contributed by atoms with Gasteiger partial charge in [0.15, 0.2) is 5.96 Å². The zero-order chi connectivity index (χ0) is 20.3. The normalized spacial score (nSPS) is 30.3. The number of aromatic nitrogens is 1. The van der Waals surface area contributed by atoms with Crippen LogP contribution in [0.4, 0.5) is 0 Å². The van der Waals surface area contributed by atoms with Gasteiger partial charge >= 0.3 is 0 Å². The summed E-state index contributed by atoms with van der Waals surface area (Å²) < 4.78 is 6.06. The number of aliphatic imine (C=N–C) groups is 1. The monoisotopic (exact) mass is 399 g/mol. The van der Waals surface area contributed by atoms with Crippen molar-refractivity contribution in [2.45, 2.75) is 71.2 Å². The second-order valence-corrected chi connectivity index (χ2v) is 9.38. The van der Waals surface area contributed by atoms with E-state index in [-0.39, 0.29) is 5.41 Å². The summed E-state index contributed by atoms with van der Waals surface area (Å²) in [5.41, 5.74) is 1.32. The van der Waals surface area contributed by atoms with Crippen LogP contribution in [0.25, 0.3) is 0 Å². The molecule has 4 rings (SSSR count). The van der Waals surface area contributed by atoms with Crippen LogP contribution in [-0.4, -0.2) is 60.3 Å². The van der Waals surface area contributed by atoms with E-state index in [0.29, 0.717) is 24.1 Å². The predicted molar refractivity (Wildman–Crippen MR) is 117 cm³/mol. The standard InChI is InChI=1S/C23H37N5O/c1-4-24-22(27-20-19-9-7-15-29-21(19)23(20,2)3)26-17-10-13-28(14-11-17)16-18-8-5-6-12-25-18/h5-6,8,12,17,19-21H,4,7,9-11,13-16H2,1-3H3,(H2,24,26,27). The molecule has 1 aliphatic carbocycles. The molecule has 2 N–H and O–H groups in total. The third-order valence-electron chi connectivity index (χ3n) is 6.98. The molecule has 2 saturated heterocycles. The van der Waals surface area contributed by atoms with Crippen LogP contribution in [-0.2, 0) is 11.3 Å². The summed E-state index contributed by atoms with van der Waals surface area (Å²) in [4.78, 5) is 11.7. The van der Waals surface area contributed by atoms with Crippen molar-refractivity contribution in [3.8, 4) is 0 Å². The number of rotatable bonds is 5. The molecule has 3 fully saturated rings. The predicted octanol–water partition coefficient (Wildman–Crippen LogP) is 2.80. The summed E-state index contributed by atoms with van der Waals surface area (Å²) >= 11 is 0. The molecule has 3 atom stereocenters. The van der Waals surface area contributed by atoms with Crippen LogP contribution in [0, 0.1) is 11.3 Å². The number of hydrogen-bond donors (Lipinski definition) is 2. The Bertz CT molecular complexity index is 684. The molecule has 160 valence electrons. The molecule has 0 bridgehead atoms. The van der Waals surface area contributed by atoms with Gasteiger partial charge in [0.25, 0.3) is 0 Å². The quantitative estimate of drug-likeness (QED) is 0.589. The van der Waals surface area contributed by atoms with Crippen LogP contribution < -0.4 is 10.6 Å². The minimum Gasteiger partial charge on any atom is -0.377 e. The van der Waals surface area contributed by atoms with Crippen LogP contribution in [0.2, 0.25) is 0 Å². The lowest BCUT2D eigenvalue weighted by atomic mass is 9.55. The van der Waals surface area contributed by atoms with E-state index in [9.17, 15) is 0 Å². The lowest BCUT2D eigenvalue weighted by Gasteiger charge is -2.60. The Morgan fingerprint density at radius 3 is 2.79 bits per heavy atom. The summed E-state index contributed by atoms with van der Waals surface area (Å²) in [7, 11) is 0. The first-order chi connectivity index (χ1) is 14.1. The number of fused-ring (bicyclic) bond motifs is 1. The van der Waals surface area contributed by atoms with Gasteiger partial charge in [0.2, 0.25) is 0 Å². The Kier molecular flexibility index (Phi) is 6.40. The number of nitrogens with zero attached hydrogens (tertiary/aromatic N) is 3. The van der Waals surface area contributed by atoms with Crippen molar-refractivity contribution in [2.75, 3.05) is 26.2 Å². The lowest BCUT2D eigenvalue weighted by molar-refractivity contribution is -0.188. The highest BCUT2D eigenvalue weighted by atomic mass is 16.5.